The molecule has 1 rings (SSSR count). The summed E-state index contributed by atoms with van der Waals surface area (Å²) in [5, 5.41) is 19.5. The highest BCUT2D eigenvalue weighted by molar-refractivity contribution is 5.43. The smallest absolute Gasteiger partial charge is 0.127 e. The molecule has 72 valence electrons. The van der Waals surface area contributed by atoms with Crippen LogP contribution in [0.3, 0.4) is 0 Å². The number of phenols is 1. The van der Waals surface area contributed by atoms with E-state index < -0.39 is 0 Å². The molecule has 4 nitrogen and oxygen atoms in total. The number of hydrogen-bond donors (Lipinski definition) is 2. The van der Waals surface area contributed by atoms with Crippen molar-refractivity contribution in [3.8, 4) is 11.5 Å². The van der Waals surface area contributed by atoms with Gasteiger partial charge in [0.1, 0.15) is 11.5 Å². The van der Waals surface area contributed by atoms with Crippen molar-refractivity contribution in [3.05, 3.63) is 23.8 Å². The highest BCUT2D eigenvalue weighted by Crippen LogP contribution is 2.27. The number of benzene rings is 1. The molecule has 0 fully saturated rings. The van der Waals surface area contributed by atoms with E-state index in [-0.39, 0.29) is 12.3 Å². The van der Waals surface area contributed by atoms with Crippen LogP contribution in [-0.4, -0.2) is 29.5 Å². The Kier molecular flexibility index (Phi) is 3.11. The van der Waals surface area contributed by atoms with Gasteiger partial charge >= 0.3 is 0 Å². The summed E-state index contributed by atoms with van der Waals surface area (Å²) in [6.07, 6.45) is 0. The number of rotatable bonds is 3. The summed E-state index contributed by atoms with van der Waals surface area (Å²) in [5.41, 5.74) is 0.579. The number of ether oxygens (including phenoxy) is 1. The SMILES string of the molecule is COc1cccc(O)c1CN(C)O. The molecule has 0 aliphatic carbocycles. The van der Waals surface area contributed by atoms with Crippen molar-refractivity contribution in [2.24, 2.45) is 0 Å². The first kappa shape index (κ1) is 9.83. The predicted octanol–water partition coefficient (Wildman–Crippen LogP) is 1.22. The fourth-order valence-electron chi connectivity index (χ4n) is 1.13. The monoisotopic (exact) mass is 183 g/mol. The summed E-state index contributed by atoms with van der Waals surface area (Å²) in [5.74, 6) is 0.696. The summed E-state index contributed by atoms with van der Waals surface area (Å²) in [7, 11) is 3.03. The van der Waals surface area contributed by atoms with Crippen LogP contribution < -0.4 is 4.74 Å². The summed E-state index contributed by atoms with van der Waals surface area (Å²) < 4.78 is 5.03. The second-order valence-electron chi connectivity index (χ2n) is 2.77. The van der Waals surface area contributed by atoms with Crippen LogP contribution in [0.15, 0.2) is 18.2 Å². The molecule has 0 aromatic heterocycles. The fourth-order valence-corrected chi connectivity index (χ4v) is 1.13. The maximum atomic E-state index is 9.45. The lowest BCUT2D eigenvalue weighted by Crippen LogP contribution is -2.12. The van der Waals surface area contributed by atoms with Crippen LogP contribution >= 0.6 is 0 Å². The maximum Gasteiger partial charge on any atom is 0.127 e. The normalized spacial score (nSPS) is 10.5. The molecule has 0 saturated heterocycles. The topological polar surface area (TPSA) is 52.9 Å². The van der Waals surface area contributed by atoms with E-state index >= 15 is 0 Å². The molecular formula is C9H13NO3. The molecule has 13 heavy (non-hydrogen) atoms. The van der Waals surface area contributed by atoms with Gasteiger partial charge in [-0.3, -0.25) is 0 Å². The van der Waals surface area contributed by atoms with Gasteiger partial charge in [-0.1, -0.05) is 6.07 Å². The van der Waals surface area contributed by atoms with Gasteiger partial charge in [-0.25, -0.2) is 0 Å². The van der Waals surface area contributed by atoms with E-state index in [2.05, 4.69) is 0 Å². The molecule has 0 aliphatic rings. The van der Waals surface area contributed by atoms with Crippen LogP contribution in [0.1, 0.15) is 5.56 Å². The van der Waals surface area contributed by atoms with Crippen molar-refractivity contribution in [2.45, 2.75) is 6.54 Å². The predicted molar refractivity (Wildman–Crippen MR) is 47.9 cm³/mol. The third-order valence-electron chi connectivity index (χ3n) is 1.72. The molecule has 0 atom stereocenters. The third-order valence-corrected chi connectivity index (χ3v) is 1.72. The second kappa shape index (κ2) is 4.11. The molecule has 0 amide bonds. The number of phenolic OH excluding ortho intramolecular Hbond substituents is 1. The van der Waals surface area contributed by atoms with Gasteiger partial charge in [-0.15, -0.1) is 0 Å². The summed E-state index contributed by atoms with van der Waals surface area (Å²) in [4.78, 5) is 0. The van der Waals surface area contributed by atoms with Crippen molar-refractivity contribution in [1.29, 1.82) is 0 Å². The average molecular weight is 183 g/mol. The Morgan fingerprint density at radius 1 is 1.46 bits per heavy atom. The highest BCUT2D eigenvalue weighted by atomic mass is 16.5. The summed E-state index contributed by atoms with van der Waals surface area (Å²) in [6, 6.07) is 4.98. The summed E-state index contributed by atoms with van der Waals surface area (Å²) >= 11 is 0. The molecule has 1 aromatic carbocycles. The van der Waals surface area contributed by atoms with Gasteiger partial charge in [-0.05, 0) is 12.1 Å². The number of nitrogens with zero attached hydrogens (tertiary/aromatic N) is 1. The Labute approximate surface area is 76.9 Å². The van der Waals surface area contributed by atoms with Crippen LogP contribution in [0.25, 0.3) is 0 Å². The van der Waals surface area contributed by atoms with Crippen molar-refractivity contribution in [1.82, 2.24) is 5.06 Å². The molecule has 0 heterocycles. The van der Waals surface area contributed by atoms with Crippen molar-refractivity contribution in [3.63, 3.8) is 0 Å². The molecule has 0 spiro atoms. The molecule has 0 saturated carbocycles. The zero-order valence-electron chi connectivity index (χ0n) is 7.69. The highest BCUT2D eigenvalue weighted by Gasteiger charge is 2.09. The first-order valence-corrected chi connectivity index (χ1v) is 3.90. The van der Waals surface area contributed by atoms with E-state index in [4.69, 9.17) is 9.94 Å². The van der Waals surface area contributed by atoms with Gasteiger partial charge in [0.15, 0.2) is 0 Å². The lowest BCUT2D eigenvalue weighted by Gasteiger charge is -2.13. The Morgan fingerprint density at radius 3 is 2.69 bits per heavy atom. The van der Waals surface area contributed by atoms with E-state index in [1.54, 1.807) is 18.2 Å². The average Bonchev–Trinajstić information content (AvgIpc) is 2.08. The van der Waals surface area contributed by atoms with E-state index in [9.17, 15) is 5.11 Å². The molecule has 2 N–H and O–H groups in total. The van der Waals surface area contributed by atoms with Crippen LogP contribution in [-0.2, 0) is 6.54 Å². The first-order chi connectivity index (χ1) is 6.15. The Bertz CT molecular complexity index is 286. The summed E-state index contributed by atoms with van der Waals surface area (Å²) in [6.45, 7) is 0.232. The molecule has 0 bridgehead atoms. The van der Waals surface area contributed by atoms with E-state index in [0.717, 1.165) is 5.06 Å². The molecule has 1 aromatic rings. The van der Waals surface area contributed by atoms with Crippen LogP contribution in [0, 0.1) is 0 Å². The van der Waals surface area contributed by atoms with Gasteiger partial charge in [0.25, 0.3) is 0 Å². The zero-order valence-corrected chi connectivity index (χ0v) is 7.69. The Morgan fingerprint density at radius 2 is 2.15 bits per heavy atom. The molecule has 0 unspecified atom stereocenters. The van der Waals surface area contributed by atoms with Crippen molar-refractivity contribution in [2.75, 3.05) is 14.2 Å². The van der Waals surface area contributed by atoms with Gasteiger partial charge in [0, 0.05) is 7.05 Å². The number of hydrogen-bond acceptors (Lipinski definition) is 4. The quantitative estimate of drug-likeness (QED) is 0.692. The van der Waals surface area contributed by atoms with Gasteiger partial charge in [0.2, 0.25) is 0 Å². The largest absolute Gasteiger partial charge is 0.507 e. The Balaban J connectivity index is 3.00. The van der Waals surface area contributed by atoms with Crippen LogP contribution in [0.2, 0.25) is 0 Å². The number of aromatic hydroxyl groups is 1. The van der Waals surface area contributed by atoms with Crippen LogP contribution in [0.5, 0.6) is 11.5 Å². The lowest BCUT2D eigenvalue weighted by molar-refractivity contribution is -0.0739. The standard InChI is InChI=1S/C9H13NO3/c1-10(12)6-7-8(11)4-3-5-9(7)13-2/h3-5,11-12H,6H2,1-2H3. The lowest BCUT2D eigenvalue weighted by atomic mass is 10.2. The zero-order chi connectivity index (χ0) is 9.84. The van der Waals surface area contributed by atoms with Gasteiger partial charge in [-0.2, -0.15) is 5.06 Å². The van der Waals surface area contributed by atoms with Gasteiger partial charge in [0.05, 0.1) is 19.2 Å². The maximum absolute atomic E-state index is 9.45. The van der Waals surface area contributed by atoms with E-state index in [0.29, 0.717) is 11.3 Å². The number of methoxy groups -OCH3 is 1. The fraction of sp³-hybridized carbons (Fsp3) is 0.333. The van der Waals surface area contributed by atoms with Gasteiger partial charge < -0.3 is 15.1 Å². The minimum atomic E-state index is 0.125. The van der Waals surface area contributed by atoms with Crippen LogP contribution in [0.4, 0.5) is 0 Å². The Hall–Kier alpha value is -1.26. The molecule has 4 heteroatoms. The number of hydroxylamine groups is 2. The minimum Gasteiger partial charge on any atom is -0.507 e. The first-order valence-electron chi connectivity index (χ1n) is 3.90. The van der Waals surface area contributed by atoms with E-state index in [1.165, 1.54) is 14.2 Å². The van der Waals surface area contributed by atoms with E-state index in [1.807, 2.05) is 0 Å². The van der Waals surface area contributed by atoms with Crippen molar-refractivity contribution >= 4 is 0 Å². The molecule has 0 aliphatic heterocycles. The third kappa shape index (κ3) is 2.34. The second-order valence-corrected chi connectivity index (χ2v) is 2.77. The minimum absolute atomic E-state index is 0.125. The van der Waals surface area contributed by atoms with Crippen molar-refractivity contribution < 1.29 is 15.1 Å². The molecular weight excluding hydrogens is 170 g/mol. The molecule has 0 radical (unpaired) electrons.